The van der Waals surface area contributed by atoms with E-state index in [9.17, 15) is 14.4 Å². The van der Waals surface area contributed by atoms with Gasteiger partial charge in [-0.2, -0.15) is 0 Å². The number of benzene rings is 1. The molecule has 8 heteroatoms. The summed E-state index contributed by atoms with van der Waals surface area (Å²) in [6.07, 6.45) is -0.767. The SMILES string of the molecule is CCOC(=O)[C@H](CCC(=O)OCCOC)NC(=O)OCc1ccccc1. The second-order valence-corrected chi connectivity index (χ2v) is 5.26. The molecule has 0 radical (unpaired) electrons. The van der Waals surface area contributed by atoms with Gasteiger partial charge in [0.2, 0.25) is 0 Å². The number of carbonyl (C=O) groups excluding carboxylic acids is 3. The molecule has 1 aromatic rings. The van der Waals surface area contributed by atoms with E-state index in [1.54, 1.807) is 6.92 Å². The Kier molecular flexibility index (Phi) is 10.5. The summed E-state index contributed by atoms with van der Waals surface area (Å²) in [5, 5.41) is 2.43. The van der Waals surface area contributed by atoms with Crippen molar-refractivity contribution in [2.45, 2.75) is 32.4 Å². The van der Waals surface area contributed by atoms with Crippen molar-refractivity contribution in [3.63, 3.8) is 0 Å². The summed E-state index contributed by atoms with van der Waals surface area (Å²) < 4.78 is 19.7. The van der Waals surface area contributed by atoms with Gasteiger partial charge in [0, 0.05) is 13.5 Å². The first kappa shape index (κ1) is 21.4. The standard InChI is InChI=1S/C18H25NO7/c1-3-24-17(21)15(9-10-16(20)25-12-11-23-2)19-18(22)26-13-14-7-5-4-6-8-14/h4-8,15H,3,9-13H2,1-2H3,(H,19,22)/t15-/m0/s1. The summed E-state index contributed by atoms with van der Waals surface area (Å²) in [5.74, 6) is -1.12. The summed E-state index contributed by atoms with van der Waals surface area (Å²) in [6.45, 7) is 2.31. The minimum Gasteiger partial charge on any atom is -0.464 e. The molecule has 26 heavy (non-hydrogen) atoms. The minimum atomic E-state index is -0.992. The smallest absolute Gasteiger partial charge is 0.408 e. The molecule has 1 N–H and O–H groups in total. The Morgan fingerprint density at radius 3 is 2.42 bits per heavy atom. The van der Waals surface area contributed by atoms with E-state index in [-0.39, 0.29) is 39.3 Å². The molecule has 144 valence electrons. The lowest BCUT2D eigenvalue weighted by atomic mass is 10.1. The van der Waals surface area contributed by atoms with Crippen molar-refractivity contribution in [3.05, 3.63) is 35.9 Å². The van der Waals surface area contributed by atoms with Crippen LogP contribution in [-0.4, -0.2) is 51.0 Å². The van der Waals surface area contributed by atoms with Gasteiger partial charge < -0.3 is 24.3 Å². The van der Waals surface area contributed by atoms with Crippen LogP contribution in [0.5, 0.6) is 0 Å². The van der Waals surface area contributed by atoms with Crippen molar-refractivity contribution in [2.75, 3.05) is 26.9 Å². The Morgan fingerprint density at radius 2 is 1.77 bits per heavy atom. The lowest BCUT2D eigenvalue weighted by Gasteiger charge is -2.17. The Morgan fingerprint density at radius 1 is 1.04 bits per heavy atom. The number of nitrogens with one attached hydrogen (secondary N) is 1. The fourth-order valence-corrected chi connectivity index (χ4v) is 1.97. The first-order valence-electron chi connectivity index (χ1n) is 8.35. The molecule has 0 aliphatic rings. The number of alkyl carbamates (subject to hydrolysis) is 1. The molecule has 8 nitrogen and oxygen atoms in total. The van der Waals surface area contributed by atoms with Crippen LogP contribution in [0.25, 0.3) is 0 Å². The van der Waals surface area contributed by atoms with E-state index < -0.39 is 24.1 Å². The van der Waals surface area contributed by atoms with Gasteiger partial charge in [-0.25, -0.2) is 9.59 Å². The van der Waals surface area contributed by atoms with Gasteiger partial charge in [-0.15, -0.1) is 0 Å². The van der Waals surface area contributed by atoms with Gasteiger partial charge in [0.15, 0.2) is 0 Å². The van der Waals surface area contributed by atoms with E-state index in [4.69, 9.17) is 18.9 Å². The lowest BCUT2D eigenvalue weighted by Crippen LogP contribution is -2.42. The molecule has 0 saturated carbocycles. The predicted octanol–water partition coefficient (Wildman–Crippen LogP) is 1.81. The molecule has 1 amide bonds. The van der Waals surface area contributed by atoms with E-state index in [0.29, 0.717) is 0 Å². The largest absolute Gasteiger partial charge is 0.464 e. The third-order valence-electron chi connectivity index (χ3n) is 3.26. The number of hydrogen-bond acceptors (Lipinski definition) is 7. The van der Waals surface area contributed by atoms with Crippen molar-refractivity contribution < 1.29 is 33.3 Å². The Balaban J connectivity index is 2.47. The maximum absolute atomic E-state index is 12.0. The van der Waals surface area contributed by atoms with Crippen molar-refractivity contribution in [3.8, 4) is 0 Å². The highest BCUT2D eigenvalue weighted by Gasteiger charge is 2.24. The van der Waals surface area contributed by atoms with Crippen LogP contribution in [0.3, 0.4) is 0 Å². The fourth-order valence-electron chi connectivity index (χ4n) is 1.97. The Bertz CT molecular complexity index is 562. The third kappa shape index (κ3) is 9.03. The normalized spacial score (nSPS) is 11.3. The Hall–Kier alpha value is -2.61. The fraction of sp³-hybridized carbons (Fsp3) is 0.500. The molecule has 0 fully saturated rings. The van der Waals surface area contributed by atoms with E-state index in [1.165, 1.54) is 7.11 Å². The van der Waals surface area contributed by atoms with Crippen LogP contribution in [0.2, 0.25) is 0 Å². The highest BCUT2D eigenvalue weighted by atomic mass is 16.6. The summed E-state index contributed by atoms with van der Waals surface area (Å²) in [7, 11) is 1.50. The monoisotopic (exact) mass is 367 g/mol. The summed E-state index contributed by atoms with van der Waals surface area (Å²) in [4.78, 5) is 35.5. The van der Waals surface area contributed by atoms with E-state index in [1.807, 2.05) is 30.3 Å². The molecule has 0 aromatic heterocycles. The molecule has 0 aliphatic carbocycles. The van der Waals surface area contributed by atoms with Crippen LogP contribution in [-0.2, 0) is 35.1 Å². The molecule has 1 aromatic carbocycles. The first-order valence-corrected chi connectivity index (χ1v) is 8.35. The van der Waals surface area contributed by atoms with Crippen LogP contribution in [0.4, 0.5) is 4.79 Å². The molecular weight excluding hydrogens is 342 g/mol. The van der Waals surface area contributed by atoms with Crippen molar-refractivity contribution in [2.24, 2.45) is 0 Å². The molecule has 0 aliphatic heterocycles. The minimum absolute atomic E-state index is 0.0467. The van der Waals surface area contributed by atoms with Gasteiger partial charge in [0.05, 0.1) is 13.2 Å². The van der Waals surface area contributed by atoms with Crippen LogP contribution < -0.4 is 5.32 Å². The molecule has 0 heterocycles. The third-order valence-corrected chi connectivity index (χ3v) is 3.26. The zero-order valence-electron chi connectivity index (χ0n) is 15.1. The number of ether oxygens (including phenoxy) is 4. The van der Waals surface area contributed by atoms with Gasteiger partial charge in [-0.05, 0) is 18.9 Å². The number of carbonyl (C=O) groups is 3. The first-order chi connectivity index (χ1) is 12.6. The number of amides is 1. The Labute approximate surface area is 152 Å². The predicted molar refractivity (Wildman–Crippen MR) is 92.3 cm³/mol. The van der Waals surface area contributed by atoms with Crippen LogP contribution in [0.15, 0.2) is 30.3 Å². The number of esters is 2. The topological polar surface area (TPSA) is 100 Å². The van der Waals surface area contributed by atoms with Crippen LogP contribution in [0, 0.1) is 0 Å². The lowest BCUT2D eigenvalue weighted by molar-refractivity contribution is -0.147. The van der Waals surface area contributed by atoms with Gasteiger partial charge in [-0.3, -0.25) is 4.79 Å². The van der Waals surface area contributed by atoms with Crippen molar-refractivity contribution >= 4 is 18.0 Å². The molecule has 0 saturated heterocycles. The maximum atomic E-state index is 12.0. The average Bonchev–Trinajstić information content (AvgIpc) is 2.64. The molecule has 0 unspecified atom stereocenters. The number of rotatable bonds is 11. The average molecular weight is 367 g/mol. The van der Waals surface area contributed by atoms with Gasteiger partial charge in [0.25, 0.3) is 0 Å². The highest BCUT2D eigenvalue weighted by molar-refractivity contribution is 5.82. The van der Waals surface area contributed by atoms with Crippen molar-refractivity contribution in [1.82, 2.24) is 5.32 Å². The summed E-state index contributed by atoms with van der Waals surface area (Å²) in [6, 6.07) is 8.14. The number of hydrogen-bond donors (Lipinski definition) is 1. The molecule has 0 spiro atoms. The molecule has 0 bridgehead atoms. The van der Waals surface area contributed by atoms with Crippen molar-refractivity contribution in [1.29, 1.82) is 0 Å². The van der Waals surface area contributed by atoms with E-state index in [0.717, 1.165) is 5.56 Å². The second-order valence-electron chi connectivity index (χ2n) is 5.26. The van der Waals surface area contributed by atoms with Crippen LogP contribution >= 0.6 is 0 Å². The van der Waals surface area contributed by atoms with Gasteiger partial charge in [0.1, 0.15) is 19.3 Å². The van der Waals surface area contributed by atoms with Gasteiger partial charge in [-0.1, -0.05) is 30.3 Å². The second kappa shape index (κ2) is 12.7. The molecule has 1 atom stereocenters. The summed E-state index contributed by atoms with van der Waals surface area (Å²) in [5.41, 5.74) is 0.817. The van der Waals surface area contributed by atoms with E-state index >= 15 is 0 Å². The zero-order chi connectivity index (χ0) is 19.2. The van der Waals surface area contributed by atoms with E-state index in [2.05, 4.69) is 5.32 Å². The quantitative estimate of drug-likeness (QED) is 0.362. The van der Waals surface area contributed by atoms with Gasteiger partial charge >= 0.3 is 18.0 Å². The molecule has 1 rings (SSSR count). The zero-order valence-corrected chi connectivity index (χ0v) is 15.1. The highest BCUT2D eigenvalue weighted by Crippen LogP contribution is 2.05. The number of methoxy groups -OCH3 is 1. The maximum Gasteiger partial charge on any atom is 0.408 e. The summed E-state index contributed by atoms with van der Waals surface area (Å²) >= 11 is 0. The van der Waals surface area contributed by atoms with Crippen LogP contribution in [0.1, 0.15) is 25.3 Å². The molecular formula is C18H25NO7.